The SMILES string of the molecule is CCC1COCC(=O)C1NC(=O)[C@H](CC(C)(C)C)NC(=O)c1ccccc1. The third kappa shape index (κ3) is 6.17. The molecule has 1 aliphatic heterocycles. The van der Waals surface area contributed by atoms with Crippen LogP contribution in [-0.2, 0) is 14.3 Å². The molecule has 1 aliphatic rings. The van der Waals surface area contributed by atoms with Crippen LogP contribution in [0.15, 0.2) is 30.3 Å². The van der Waals surface area contributed by atoms with Crippen molar-refractivity contribution in [2.24, 2.45) is 11.3 Å². The van der Waals surface area contributed by atoms with Crippen molar-refractivity contribution < 1.29 is 19.1 Å². The fourth-order valence-corrected chi connectivity index (χ4v) is 3.22. The molecule has 1 fully saturated rings. The molecule has 0 spiro atoms. The fraction of sp³-hybridized carbons (Fsp3) is 0.571. The summed E-state index contributed by atoms with van der Waals surface area (Å²) < 4.78 is 5.29. The van der Waals surface area contributed by atoms with Gasteiger partial charge in [0.2, 0.25) is 5.91 Å². The van der Waals surface area contributed by atoms with E-state index in [4.69, 9.17) is 4.74 Å². The maximum atomic E-state index is 12.9. The van der Waals surface area contributed by atoms with Crippen LogP contribution in [0.4, 0.5) is 0 Å². The zero-order chi connectivity index (χ0) is 20.0. The Bertz CT molecular complexity index is 667. The van der Waals surface area contributed by atoms with Gasteiger partial charge in [-0.05, 0) is 30.4 Å². The summed E-state index contributed by atoms with van der Waals surface area (Å²) in [5, 5.41) is 5.70. The predicted octanol–water partition coefficient (Wildman–Crippen LogP) is 2.33. The molecule has 0 bridgehead atoms. The van der Waals surface area contributed by atoms with Gasteiger partial charge in [0, 0.05) is 11.5 Å². The summed E-state index contributed by atoms with van der Waals surface area (Å²) in [6, 6.07) is 7.52. The van der Waals surface area contributed by atoms with Crippen LogP contribution in [-0.4, -0.2) is 42.9 Å². The lowest BCUT2D eigenvalue weighted by atomic mass is 9.86. The topological polar surface area (TPSA) is 84.5 Å². The van der Waals surface area contributed by atoms with Crippen molar-refractivity contribution in [3.05, 3.63) is 35.9 Å². The van der Waals surface area contributed by atoms with Gasteiger partial charge >= 0.3 is 0 Å². The zero-order valence-corrected chi connectivity index (χ0v) is 16.6. The van der Waals surface area contributed by atoms with Crippen LogP contribution >= 0.6 is 0 Å². The molecule has 0 aromatic heterocycles. The zero-order valence-electron chi connectivity index (χ0n) is 16.6. The lowest BCUT2D eigenvalue weighted by molar-refractivity contribution is -0.138. The second-order valence-electron chi connectivity index (χ2n) is 8.29. The van der Waals surface area contributed by atoms with E-state index in [0.29, 0.717) is 18.6 Å². The smallest absolute Gasteiger partial charge is 0.251 e. The normalized spacial score (nSPS) is 21.4. The summed E-state index contributed by atoms with van der Waals surface area (Å²) in [6.45, 7) is 8.47. The van der Waals surface area contributed by atoms with Crippen molar-refractivity contribution in [2.75, 3.05) is 13.2 Å². The molecular weight excluding hydrogens is 344 g/mol. The van der Waals surface area contributed by atoms with Crippen molar-refractivity contribution in [2.45, 2.75) is 52.6 Å². The van der Waals surface area contributed by atoms with E-state index in [2.05, 4.69) is 10.6 Å². The van der Waals surface area contributed by atoms with Gasteiger partial charge in [-0.3, -0.25) is 14.4 Å². The minimum absolute atomic E-state index is 0.0156. The summed E-state index contributed by atoms with van der Waals surface area (Å²) >= 11 is 0. The number of hydrogen-bond donors (Lipinski definition) is 2. The Hall–Kier alpha value is -2.21. The van der Waals surface area contributed by atoms with Crippen molar-refractivity contribution in [3.63, 3.8) is 0 Å². The molecule has 2 N–H and O–H groups in total. The first kappa shape index (κ1) is 21.1. The molecule has 3 atom stereocenters. The highest BCUT2D eigenvalue weighted by atomic mass is 16.5. The minimum Gasteiger partial charge on any atom is -0.373 e. The Morgan fingerprint density at radius 1 is 1.22 bits per heavy atom. The lowest BCUT2D eigenvalue weighted by Gasteiger charge is -2.32. The van der Waals surface area contributed by atoms with Crippen molar-refractivity contribution >= 4 is 17.6 Å². The Kier molecular flexibility index (Phi) is 7.13. The van der Waals surface area contributed by atoms with E-state index in [0.717, 1.165) is 6.42 Å². The number of ether oxygens (including phenoxy) is 1. The molecule has 0 aliphatic carbocycles. The number of benzene rings is 1. The molecule has 1 heterocycles. The molecule has 6 heteroatoms. The summed E-state index contributed by atoms with van der Waals surface area (Å²) in [4.78, 5) is 37.7. The first-order valence-electron chi connectivity index (χ1n) is 9.48. The molecule has 2 amide bonds. The number of carbonyl (C=O) groups is 3. The molecule has 0 radical (unpaired) electrons. The van der Waals surface area contributed by atoms with Gasteiger partial charge in [-0.15, -0.1) is 0 Å². The largest absolute Gasteiger partial charge is 0.373 e. The number of amides is 2. The van der Waals surface area contributed by atoms with E-state index >= 15 is 0 Å². The fourth-order valence-electron chi connectivity index (χ4n) is 3.22. The van der Waals surface area contributed by atoms with Gasteiger partial charge in [-0.2, -0.15) is 0 Å². The summed E-state index contributed by atoms with van der Waals surface area (Å²) in [5.74, 6) is -0.793. The van der Waals surface area contributed by atoms with E-state index < -0.39 is 12.1 Å². The maximum absolute atomic E-state index is 12.9. The van der Waals surface area contributed by atoms with Crippen LogP contribution in [0.5, 0.6) is 0 Å². The number of nitrogens with one attached hydrogen (secondary N) is 2. The molecule has 1 aromatic carbocycles. The molecule has 6 nitrogen and oxygen atoms in total. The lowest BCUT2D eigenvalue weighted by Crippen LogP contribution is -2.57. The van der Waals surface area contributed by atoms with E-state index in [1.165, 1.54) is 0 Å². The Labute approximate surface area is 161 Å². The van der Waals surface area contributed by atoms with E-state index in [1.807, 2.05) is 33.8 Å². The third-order valence-electron chi connectivity index (χ3n) is 4.69. The molecule has 1 aromatic rings. The molecule has 2 rings (SSSR count). The van der Waals surface area contributed by atoms with Gasteiger partial charge in [0.1, 0.15) is 12.6 Å². The van der Waals surface area contributed by atoms with Gasteiger partial charge in [0.05, 0.1) is 12.6 Å². The van der Waals surface area contributed by atoms with Gasteiger partial charge in [-0.25, -0.2) is 0 Å². The third-order valence-corrected chi connectivity index (χ3v) is 4.69. The Morgan fingerprint density at radius 3 is 2.48 bits per heavy atom. The van der Waals surface area contributed by atoms with E-state index in [1.54, 1.807) is 24.3 Å². The summed E-state index contributed by atoms with van der Waals surface area (Å²) in [5.41, 5.74) is 0.327. The van der Waals surface area contributed by atoms with Crippen LogP contribution in [0, 0.1) is 11.3 Å². The molecular formula is C21H30N2O4. The van der Waals surface area contributed by atoms with Crippen LogP contribution in [0.25, 0.3) is 0 Å². The number of rotatable bonds is 6. The first-order chi connectivity index (χ1) is 12.7. The van der Waals surface area contributed by atoms with E-state index in [-0.39, 0.29) is 35.5 Å². The van der Waals surface area contributed by atoms with Crippen molar-refractivity contribution in [1.82, 2.24) is 10.6 Å². The summed E-state index contributed by atoms with van der Waals surface area (Å²) in [6.07, 6.45) is 1.20. The van der Waals surface area contributed by atoms with Crippen LogP contribution in [0.1, 0.15) is 50.9 Å². The van der Waals surface area contributed by atoms with Gasteiger partial charge in [0.25, 0.3) is 5.91 Å². The highest BCUT2D eigenvalue weighted by molar-refractivity contribution is 5.98. The maximum Gasteiger partial charge on any atom is 0.251 e. The quantitative estimate of drug-likeness (QED) is 0.800. The van der Waals surface area contributed by atoms with Gasteiger partial charge < -0.3 is 15.4 Å². The van der Waals surface area contributed by atoms with Gasteiger partial charge in [0.15, 0.2) is 5.78 Å². The van der Waals surface area contributed by atoms with Crippen LogP contribution in [0.2, 0.25) is 0 Å². The predicted molar refractivity (Wildman–Crippen MR) is 103 cm³/mol. The van der Waals surface area contributed by atoms with Crippen molar-refractivity contribution in [1.29, 1.82) is 0 Å². The number of carbonyl (C=O) groups excluding carboxylic acids is 3. The molecule has 1 saturated heterocycles. The molecule has 2 unspecified atom stereocenters. The molecule has 27 heavy (non-hydrogen) atoms. The number of hydrogen-bond acceptors (Lipinski definition) is 4. The monoisotopic (exact) mass is 374 g/mol. The number of ketones is 1. The Morgan fingerprint density at radius 2 is 1.89 bits per heavy atom. The van der Waals surface area contributed by atoms with E-state index in [9.17, 15) is 14.4 Å². The van der Waals surface area contributed by atoms with Gasteiger partial charge in [-0.1, -0.05) is 45.9 Å². The van der Waals surface area contributed by atoms with Crippen LogP contribution in [0.3, 0.4) is 0 Å². The Balaban J connectivity index is 2.13. The first-order valence-corrected chi connectivity index (χ1v) is 9.48. The second kappa shape index (κ2) is 9.13. The minimum atomic E-state index is -0.717. The average Bonchev–Trinajstić information content (AvgIpc) is 2.62. The molecule has 148 valence electrons. The highest BCUT2D eigenvalue weighted by Gasteiger charge is 2.35. The molecule has 0 saturated carbocycles. The second-order valence-corrected chi connectivity index (χ2v) is 8.29. The summed E-state index contributed by atoms with van der Waals surface area (Å²) in [7, 11) is 0. The van der Waals surface area contributed by atoms with Crippen LogP contribution < -0.4 is 10.6 Å². The van der Waals surface area contributed by atoms with Crippen molar-refractivity contribution in [3.8, 4) is 0 Å². The highest BCUT2D eigenvalue weighted by Crippen LogP contribution is 2.22. The average molecular weight is 374 g/mol. The number of Topliss-reactive ketones (excluding diaryl/α,β-unsaturated/α-hetero) is 1. The standard InChI is InChI=1S/C21H30N2O4/c1-5-14-12-27-13-17(24)18(14)23-20(26)16(11-21(2,3)4)22-19(25)15-9-7-6-8-10-15/h6-10,14,16,18H,5,11-13H2,1-4H3,(H,22,25)(H,23,26)/t14?,16-,18?/m0/s1.